The van der Waals surface area contributed by atoms with Gasteiger partial charge in [0.15, 0.2) is 0 Å². The average molecular weight is 811 g/mol. The highest BCUT2D eigenvalue weighted by Crippen LogP contribution is 2.61. The number of rotatable bonds is 2. The highest BCUT2D eigenvalue weighted by atomic mass is 14.5. The zero-order chi connectivity index (χ0) is 43.3. The summed E-state index contributed by atoms with van der Waals surface area (Å²) in [6.07, 6.45) is 5.05. The summed E-state index contributed by atoms with van der Waals surface area (Å²) in [7, 11) is 0. The third-order valence-electron chi connectivity index (χ3n) is 16.9. The van der Waals surface area contributed by atoms with Gasteiger partial charge in [0.05, 0.1) is 0 Å². The molecule has 0 radical (unpaired) electrons. The Morgan fingerprint density at radius 1 is 0.317 bits per heavy atom. The quantitative estimate of drug-likeness (QED) is 0.163. The Balaban J connectivity index is 0.924. The summed E-state index contributed by atoms with van der Waals surface area (Å²) < 4.78 is 0. The van der Waals surface area contributed by atoms with Crippen LogP contribution in [0.1, 0.15) is 125 Å². The minimum absolute atomic E-state index is 0.0432. The number of allylic oxidation sites excluding steroid dienone is 4. The van der Waals surface area contributed by atoms with E-state index in [2.05, 4.69) is 215 Å². The SMILES string of the molecule is CC1(C)C=C(c2ccc3c(c2)C(C)(C)c2cc4c(cc2-3)C(C)(C)c2ccc3ccccc3c2-4)C=C1c1cc2c(c3ccccc13)-c1cc3c(cc1C2(C)C)-c1ccccc1C3(C)C. The van der Waals surface area contributed by atoms with Crippen molar-refractivity contribution in [1.82, 2.24) is 0 Å². The molecule has 8 aromatic carbocycles. The molecule has 0 amide bonds. The minimum Gasteiger partial charge on any atom is -0.0666 e. The molecule has 0 unspecified atom stereocenters. The van der Waals surface area contributed by atoms with Crippen LogP contribution in [0.25, 0.3) is 77.2 Å². The van der Waals surface area contributed by atoms with Crippen molar-refractivity contribution >= 4 is 32.7 Å². The Labute approximate surface area is 373 Å². The standard InChI is InChI=1S/C63H54/c1-59(2)34-37(36-23-25-41-45-30-54-46(32-53(45)62(7,8)51(41)27-36)57-38-18-12-11-17-35(38)24-26-49(57)61(54,5)6)28-50(59)43-31-56-58(42-21-14-13-19-39(42)43)47-33-52-44(29-55(47)63(56,9)10)40-20-15-16-22-48(40)60(52,3)4/h11-34H,1-10H3. The molecule has 0 fully saturated rings. The van der Waals surface area contributed by atoms with E-state index < -0.39 is 0 Å². The van der Waals surface area contributed by atoms with Crippen LogP contribution < -0.4 is 0 Å². The molecule has 8 aromatic rings. The fourth-order valence-corrected chi connectivity index (χ4v) is 13.4. The van der Waals surface area contributed by atoms with Gasteiger partial charge in [0.25, 0.3) is 0 Å². The van der Waals surface area contributed by atoms with Crippen LogP contribution in [0.3, 0.4) is 0 Å². The first-order chi connectivity index (χ1) is 30.0. The molecule has 0 aliphatic heterocycles. The van der Waals surface area contributed by atoms with Crippen molar-refractivity contribution in [2.75, 3.05) is 0 Å². The first-order valence-electron chi connectivity index (χ1n) is 23.2. The molecule has 5 aliphatic rings. The van der Waals surface area contributed by atoms with Crippen molar-refractivity contribution in [1.29, 1.82) is 0 Å². The van der Waals surface area contributed by atoms with Crippen LogP contribution in [0.2, 0.25) is 0 Å². The van der Waals surface area contributed by atoms with Crippen LogP contribution in [0.4, 0.5) is 0 Å². The Morgan fingerprint density at radius 2 is 0.810 bits per heavy atom. The van der Waals surface area contributed by atoms with Crippen LogP contribution in [0, 0.1) is 5.41 Å². The lowest BCUT2D eigenvalue weighted by atomic mass is 9.76. The van der Waals surface area contributed by atoms with E-state index in [-0.39, 0.29) is 27.1 Å². The molecular formula is C63H54. The van der Waals surface area contributed by atoms with Crippen LogP contribution in [0.15, 0.2) is 146 Å². The van der Waals surface area contributed by atoms with E-state index in [4.69, 9.17) is 0 Å². The number of benzene rings is 8. The third kappa shape index (κ3) is 4.57. The van der Waals surface area contributed by atoms with E-state index in [1.165, 1.54) is 133 Å². The summed E-state index contributed by atoms with van der Waals surface area (Å²) >= 11 is 0. The highest BCUT2D eigenvalue weighted by molar-refractivity contribution is 6.10. The second-order valence-corrected chi connectivity index (χ2v) is 22.2. The van der Waals surface area contributed by atoms with E-state index in [0.717, 1.165) is 0 Å². The van der Waals surface area contributed by atoms with Crippen molar-refractivity contribution in [3.8, 4) is 44.5 Å². The van der Waals surface area contributed by atoms with E-state index in [1.807, 2.05) is 0 Å². The lowest BCUT2D eigenvalue weighted by Gasteiger charge is -2.27. The van der Waals surface area contributed by atoms with Crippen molar-refractivity contribution in [2.45, 2.75) is 90.9 Å². The van der Waals surface area contributed by atoms with E-state index >= 15 is 0 Å². The molecule has 0 heteroatoms. The van der Waals surface area contributed by atoms with Crippen molar-refractivity contribution in [3.63, 3.8) is 0 Å². The largest absolute Gasteiger partial charge is 0.0666 e. The predicted molar refractivity (Wildman–Crippen MR) is 268 cm³/mol. The van der Waals surface area contributed by atoms with Gasteiger partial charge < -0.3 is 0 Å². The van der Waals surface area contributed by atoms with Gasteiger partial charge >= 0.3 is 0 Å². The van der Waals surface area contributed by atoms with Crippen molar-refractivity contribution in [2.24, 2.45) is 5.41 Å². The van der Waals surface area contributed by atoms with Gasteiger partial charge in [0.2, 0.25) is 0 Å². The average Bonchev–Trinajstić information content (AvgIpc) is 3.94. The lowest BCUT2D eigenvalue weighted by Crippen LogP contribution is -2.17. The highest BCUT2D eigenvalue weighted by Gasteiger charge is 2.45. The Bertz CT molecular complexity index is 3510. The number of hydrogen-bond acceptors (Lipinski definition) is 0. The zero-order valence-corrected chi connectivity index (χ0v) is 38.4. The van der Waals surface area contributed by atoms with Gasteiger partial charge in [-0.15, -0.1) is 0 Å². The summed E-state index contributed by atoms with van der Waals surface area (Å²) in [5, 5.41) is 5.37. The van der Waals surface area contributed by atoms with Crippen LogP contribution in [0.5, 0.6) is 0 Å². The minimum atomic E-state index is -0.156. The van der Waals surface area contributed by atoms with Gasteiger partial charge in [0.1, 0.15) is 0 Å². The topological polar surface area (TPSA) is 0 Å². The smallest absolute Gasteiger partial charge is 0.0159 e. The zero-order valence-electron chi connectivity index (χ0n) is 38.4. The second-order valence-electron chi connectivity index (χ2n) is 22.2. The molecule has 5 aliphatic carbocycles. The lowest BCUT2D eigenvalue weighted by molar-refractivity contribution is 0.649. The van der Waals surface area contributed by atoms with Crippen molar-refractivity contribution in [3.05, 3.63) is 201 Å². The molecule has 0 bridgehead atoms. The number of fused-ring (bicyclic) bond motifs is 16. The Kier molecular flexibility index (Phi) is 6.91. The summed E-state index contributed by atoms with van der Waals surface area (Å²) in [5.74, 6) is 0. The fraction of sp³-hybridized carbons (Fsp3) is 0.238. The fourth-order valence-electron chi connectivity index (χ4n) is 13.4. The molecule has 0 atom stereocenters. The molecule has 0 nitrogen and oxygen atoms in total. The van der Waals surface area contributed by atoms with Gasteiger partial charge in [-0.1, -0.05) is 172 Å². The van der Waals surface area contributed by atoms with Crippen LogP contribution in [-0.2, 0) is 21.7 Å². The maximum absolute atomic E-state index is 2.58. The van der Waals surface area contributed by atoms with Gasteiger partial charge in [-0.05, 0) is 175 Å². The number of hydrogen-bond donors (Lipinski definition) is 0. The van der Waals surface area contributed by atoms with E-state index in [0.29, 0.717) is 0 Å². The van der Waals surface area contributed by atoms with Gasteiger partial charge in [-0.25, -0.2) is 0 Å². The maximum atomic E-state index is 2.58. The molecule has 0 saturated heterocycles. The van der Waals surface area contributed by atoms with Gasteiger partial charge in [0, 0.05) is 27.1 Å². The Morgan fingerprint density at radius 3 is 1.52 bits per heavy atom. The third-order valence-corrected chi connectivity index (χ3v) is 16.9. The summed E-state index contributed by atoms with van der Waals surface area (Å²) in [4.78, 5) is 0. The first kappa shape index (κ1) is 37.3. The summed E-state index contributed by atoms with van der Waals surface area (Å²) in [5.41, 5.74) is 27.6. The molecule has 0 aromatic heterocycles. The summed E-state index contributed by atoms with van der Waals surface area (Å²) in [6, 6.07) is 52.0. The van der Waals surface area contributed by atoms with Crippen molar-refractivity contribution < 1.29 is 0 Å². The molecule has 0 saturated carbocycles. The van der Waals surface area contributed by atoms with E-state index in [9.17, 15) is 0 Å². The predicted octanol–water partition coefficient (Wildman–Crippen LogP) is 16.7. The second kappa shape index (κ2) is 11.7. The molecular weight excluding hydrogens is 757 g/mol. The van der Waals surface area contributed by atoms with Crippen LogP contribution in [-0.4, -0.2) is 0 Å². The summed E-state index contributed by atoms with van der Waals surface area (Å²) in [6.45, 7) is 24.2. The molecule has 13 rings (SSSR count). The molecule has 63 heavy (non-hydrogen) atoms. The van der Waals surface area contributed by atoms with Gasteiger partial charge in [-0.3, -0.25) is 0 Å². The molecule has 0 N–H and O–H groups in total. The van der Waals surface area contributed by atoms with Crippen LogP contribution >= 0.6 is 0 Å². The normalized spacial score (nSPS) is 18.8. The molecule has 306 valence electrons. The monoisotopic (exact) mass is 810 g/mol. The van der Waals surface area contributed by atoms with Gasteiger partial charge in [-0.2, -0.15) is 0 Å². The molecule has 0 heterocycles. The molecule has 0 spiro atoms. The first-order valence-corrected chi connectivity index (χ1v) is 23.2. The Hall–Kier alpha value is -6.24. The van der Waals surface area contributed by atoms with E-state index in [1.54, 1.807) is 0 Å². The maximum Gasteiger partial charge on any atom is 0.0159 e.